The van der Waals surface area contributed by atoms with E-state index >= 15 is 0 Å². The summed E-state index contributed by atoms with van der Waals surface area (Å²) in [4.78, 5) is 18.7. The molecule has 0 fully saturated rings. The zero-order chi connectivity index (χ0) is 11.9. The Bertz CT molecular complexity index is 564. The lowest BCUT2D eigenvalue weighted by atomic mass is 10.2. The Hall–Kier alpha value is -1.69. The molecule has 0 saturated carbocycles. The normalized spacial score (nSPS) is 11.2. The number of carboxylic acid groups (broad SMARTS) is 1. The summed E-state index contributed by atoms with van der Waals surface area (Å²) in [7, 11) is 0. The van der Waals surface area contributed by atoms with Gasteiger partial charge in [0.15, 0.2) is 11.5 Å². The first kappa shape index (κ1) is 10.8. The molecule has 0 unspecified atom stereocenters. The maximum Gasteiger partial charge on any atom is 0.354 e. The molecule has 0 aromatic carbocycles. The minimum absolute atomic E-state index is 0.131. The summed E-state index contributed by atoms with van der Waals surface area (Å²) in [5.74, 6) is -0.227. The van der Waals surface area contributed by atoms with Gasteiger partial charge in [-0.1, -0.05) is 25.4 Å². The van der Waals surface area contributed by atoms with E-state index in [1.807, 2.05) is 13.8 Å². The molecule has 0 bridgehead atoms. The lowest BCUT2D eigenvalue weighted by Gasteiger charge is -1.96. The van der Waals surface area contributed by atoms with Crippen LogP contribution >= 0.6 is 11.6 Å². The number of hydrogen-bond acceptors (Lipinski definition) is 4. The largest absolute Gasteiger partial charge is 0.477 e. The minimum Gasteiger partial charge on any atom is -0.477 e. The molecule has 0 aliphatic rings. The third kappa shape index (κ3) is 1.71. The van der Waals surface area contributed by atoms with Gasteiger partial charge in [-0.3, -0.25) is 0 Å². The van der Waals surface area contributed by atoms with Crippen molar-refractivity contribution in [1.82, 2.24) is 19.6 Å². The smallest absolute Gasteiger partial charge is 0.354 e. The number of carboxylic acids is 1. The van der Waals surface area contributed by atoms with E-state index in [-0.39, 0.29) is 22.5 Å². The van der Waals surface area contributed by atoms with Gasteiger partial charge >= 0.3 is 5.97 Å². The van der Waals surface area contributed by atoms with Gasteiger partial charge < -0.3 is 5.11 Å². The van der Waals surface area contributed by atoms with Crippen molar-refractivity contribution in [2.24, 2.45) is 0 Å². The topological polar surface area (TPSA) is 80.4 Å². The molecule has 2 heterocycles. The molecule has 0 aliphatic heterocycles. The highest BCUT2D eigenvalue weighted by Crippen LogP contribution is 2.15. The number of aromatic carboxylic acids is 1. The van der Waals surface area contributed by atoms with Crippen molar-refractivity contribution in [3.05, 3.63) is 22.7 Å². The molecular formula is C9H9ClN4O2. The predicted octanol–water partition coefficient (Wildman–Crippen LogP) is 1.60. The van der Waals surface area contributed by atoms with Crippen LogP contribution in [0.15, 0.2) is 6.07 Å². The van der Waals surface area contributed by atoms with Crippen molar-refractivity contribution in [2.75, 3.05) is 0 Å². The fourth-order valence-corrected chi connectivity index (χ4v) is 1.42. The summed E-state index contributed by atoms with van der Waals surface area (Å²) in [6.07, 6.45) is 0. The van der Waals surface area contributed by atoms with Crippen LogP contribution in [-0.2, 0) is 0 Å². The molecule has 16 heavy (non-hydrogen) atoms. The lowest BCUT2D eigenvalue weighted by Crippen LogP contribution is -2.03. The molecule has 0 radical (unpaired) electrons. The maximum absolute atomic E-state index is 10.8. The fraction of sp³-hybridized carbons (Fsp3) is 0.333. The Kier molecular flexibility index (Phi) is 2.51. The lowest BCUT2D eigenvalue weighted by molar-refractivity contribution is 0.0690. The maximum atomic E-state index is 10.8. The first-order chi connectivity index (χ1) is 7.49. The highest BCUT2D eigenvalue weighted by atomic mass is 35.5. The van der Waals surface area contributed by atoms with E-state index in [4.69, 9.17) is 16.7 Å². The molecule has 2 aromatic heterocycles. The van der Waals surface area contributed by atoms with Gasteiger partial charge in [0.05, 0.1) is 0 Å². The SMILES string of the molecule is CC(C)c1nc2nc(C(=O)O)cc(Cl)n2n1. The first-order valence-corrected chi connectivity index (χ1v) is 5.03. The van der Waals surface area contributed by atoms with Crippen LogP contribution in [-0.4, -0.2) is 30.7 Å². The average molecular weight is 241 g/mol. The number of aromatic nitrogens is 4. The molecule has 2 rings (SSSR count). The molecule has 0 amide bonds. The predicted molar refractivity (Wildman–Crippen MR) is 56.8 cm³/mol. The molecule has 0 aliphatic carbocycles. The monoisotopic (exact) mass is 240 g/mol. The highest BCUT2D eigenvalue weighted by molar-refractivity contribution is 6.30. The van der Waals surface area contributed by atoms with Gasteiger partial charge in [0.25, 0.3) is 5.78 Å². The van der Waals surface area contributed by atoms with Crippen LogP contribution in [0.5, 0.6) is 0 Å². The van der Waals surface area contributed by atoms with Gasteiger partial charge in [0, 0.05) is 12.0 Å². The van der Waals surface area contributed by atoms with Crippen molar-refractivity contribution in [1.29, 1.82) is 0 Å². The zero-order valence-electron chi connectivity index (χ0n) is 8.68. The first-order valence-electron chi connectivity index (χ1n) is 4.65. The van der Waals surface area contributed by atoms with Crippen LogP contribution in [0.1, 0.15) is 36.1 Å². The second kappa shape index (κ2) is 3.71. The summed E-state index contributed by atoms with van der Waals surface area (Å²) in [6, 6.07) is 1.25. The average Bonchev–Trinajstić information content (AvgIpc) is 2.61. The van der Waals surface area contributed by atoms with Crippen LogP contribution < -0.4 is 0 Å². The summed E-state index contributed by atoms with van der Waals surface area (Å²) in [6.45, 7) is 3.86. The highest BCUT2D eigenvalue weighted by Gasteiger charge is 2.14. The van der Waals surface area contributed by atoms with E-state index in [2.05, 4.69) is 15.1 Å². The second-order valence-electron chi connectivity index (χ2n) is 3.61. The van der Waals surface area contributed by atoms with Gasteiger partial charge in [0.2, 0.25) is 0 Å². The van der Waals surface area contributed by atoms with Crippen molar-refractivity contribution in [3.63, 3.8) is 0 Å². The Morgan fingerprint density at radius 1 is 1.50 bits per heavy atom. The van der Waals surface area contributed by atoms with Gasteiger partial charge in [-0.05, 0) is 0 Å². The van der Waals surface area contributed by atoms with Crippen molar-refractivity contribution >= 4 is 23.3 Å². The molecule has 2 aromatic rings. The van der Waals surface area contributed by atoms with E-state index in [0.29, 0.717) is 5.82 Å². The molecule has 0 saturated heterocycles. The zero-order valence-corrected chi connectivity index (χ0v) is 9.43. The summed E-state index contributed by atoms with van der Waals surface area (Å²) in [5, 5.41) is 13.1. The molecule has 84 valence electrons. The van der Waals surface area contributed by atoms with Crippen LogP contribution in [0.2, 0.25) is 5.15 Å². The van der Waals surface area contributed by atoms with E-state index < -0.39 is 5.97 Å². The Balaban J connectivity index is 2.68. The molecule has 1 N–H and O–H groups in total. The molecule has 7 heteroatoms. The number of carbonyl (C=O) groups is 1. The number of halogens is 1. The number of hydrogen-bond donors (Lipinski definition) is 1. The quantitative estimate of drug-likeness (QED) is 0.807. The van der Waals surface area contributed by atoms with Crippen molar-refractivity contribution < 1.29 is 9.90 Å². The molecule has 0 spiro atoms. The summed E-state index contributed by atoms with van der Waals surface area (Å²) >= 11 is 5.88. The Labute approximate surface area is 95.9 Å². The third-order valence-electron chi connectivity index (χ3n) is 2.02. The van der Waals surface area contributed by atoms with Crippen molar-refractivity contribution in [3.8, 4) is 0 Å². The van der Waals surface area contributed by atoms with Crippen molar-refractivity contribution in [2.45, 2.75) is 19.8 Å². The van der Waals surface area contributed by atoms with Crippen LogP contribution in [0.4, 0.5) is 0 Å². The van der Waals surface area contributed by atoms with Gasteiger partial charge in [-0.25, -0.2) is 9.78 Å². The number of nitrogens with zero attached hydrogens (tertiary/aromatic N) is 4. The summed E-state index contributed by atoms with van der Waals surface area (Å²) in [5.41, 5.74) is -0.139. The molecular weight excluding hydrogens is 232 g/mol. The Morgan fingerprint density at radius 2 is 2.19 bits per heavy atom. The summed E-state index contributed by atoms with van der Waals surface area (Å²) < 4.78 is 1.32. The number of fused-ring (bicyclic) bond motifs is 1. The minimum atomic E-state index is -1.14. The van der Waals surface area contributed by atoms with E-state index in [1.54, 1.807) is 0 Å². The van der Waals surface area contributed by atoms with Gasteiger partial charge in [-0.2, -0.15) is 9.50 Å². The van der Waals surface area contributed by atoms with Gasteiger partial charge in [0.1, 0.15) is 5.15 Å². The van der Waals surface area contributed by atoms with Crippen LogP contribution in [0.3, 0.4) is 0 Å². The van der Waals surface area contributed by atoms with Gasteiger partial charge in [-0.15, -0.1) is 5.10 Å². The molecule has 0 atom stereocenters. The Morgan fingerprint density at radius 3 is 2.75 bits per heavy atom. The van der Waals surface area contributed by atoms with Crippen LogP contribution in [0, 0.1) is 0 Å². The van der Waals surface area contributed by atoms with E-state index in [1.165, 1.54) is 10.6 Å². The molecule has 6 nitrogen and oxygen atoms in total. The third-order valence-corrected chi connectivity index (χ3v) is 2.29. The van der Waals surface area contributed by atoms with Crippen LogP contribution in [0.25, 0.3) is 5.78 Å². The van der Waals surface area contributed by atoms with E-state index in [0.717, 1.165) is 0 Å². The second-order valence-corrected chi connectivity index (χ2v) is 3.99. The fourth-order valence-electron chi connectivity index (χ4n) is 1.20. The standard InChI is InChI=1S/C9H9ClN4O2/c1-4(2)7-12-9-11-5(8(15)16)3-6(10)14(9)13-7/h3-4H,1-2H3,(H,15,16). The van der Waals surface area contributed by atoms with E-state index in [9.17, 15) is 4.79 Å². The number of rotatable bonds is 2.